The molecule has 0 radical (unpaired) electrons. The number of nitriles is 1. The molecule has 0 fully saturated rings. The van der Waals surface area contributed by atoms with Crippen LogP contribution in [0.4, 0.5) is 38.9 Å². The van der Waals surface area contributed by atoms with E-state index in [2.05, 4.69) is 0 Å². The van der Waals surface area contributed by atoms with Crippen LogP contribution in [-0.2, 0) is 0 Å². The maximum absolute atomic E-state index is 12.6. The highest BCUT2D eigenvalue weighted by Gasteiger charge is 2.70. The molecule has 0 aliphatic carbocycles. The molecule has 21 heavy (non-hydrogen) atoms. The van der Waals surface area contributed by atoms with Gasteiger partial charge in [-0.25, -0.2) is 0 Å². The Balaban J connectivity index is 4.05. The number of hydrogen-bond acceptors (Lipinski definition) is 1. The summed E-state index contributed by atoms with van der Waals surface area (Å²) in [6.45, 7) is 0. The lowest BCUT2D eigenvalue weighted by Crippen LogP contribution is -2.13. The molecule has 1 aromatic rings. The summed E-state index contributed by atoms with van der Waals surface area (Å²) < 4.78 is 124. The molecule has 14 heteroatoms. The summed E-state index contributed by atoms with van der Waals surface area (Å²) in [5.41, 5.74) is -1.58. The van der Waals surface area contributed by atoms with Gasteiger partial charge >= 0.3 is 20.4 Å². The van der Waals surface area contributed by atoms with Crippen molar-refractivity contribution < 1.29 is 38.9 Å². The summed E-state index contributed by atoms with van der Waals surface area (Å²) >= 11 is 0.548. The molecular weight excluding hydrogens is 479 g/mol. The third kappa shape index (κ3) is 4.22. The number of nitrogens with zero attached hydrogens (tertiary/aromatic N) is 1. The molecule has 1 nitrogen and oxygen atoms in total. The van der Waals surface area contributed by atoms with Crippen LogP contribution < -0.4 is 0 Å². The van der Waals surface area contributed by atoms with Gasteiger partial charge in [-0.3, -0.25) is 0 Å². The molecule has 0 heterocycles. The van der Waals surface area contributed by atoms with Gasteiger partial charge in [0.15, 0.2) is 0 Å². The Labute approximate surface area is 124 Å². The maximum atomic E-state index is 12.6. The van der Waals surface area contributed by atoms with E-state index in [1.54, 1.807) is 0 Å². The largest absolute Gasteiger partial charge is 0.311 e. The van der Waals surface area contributed by atoms with Gasteiger partial charge in [0, 0.05) is 0 Å². The Morgan fingerprint density at radius 1 is 0.810 bits per heavy atom. The van der Waals surface area contributed by atoms with Gasteiger partial charge in [-0.05, 0) is 34.7 Å². The molecule has 0 bridgehead atoms. The Hall–Kier alpha value is -0.560. The number of halogens is 11. The van der Waals surface area contributed by atoms with E-state index in [0.717, 1.165) is 6.07 Å². The molecule has 1 rings (SSSR count). The lowest BCUT2D eigenvalue weighted by Gasteiger charge is -2.44. The first-order valence-corrected chi connectivity index (χ1v) is 9.25. The van der Waals surface area contributed by atoms with Crippen LogP contribution in [0.5, 0.6) is 0 Å². The fourth-order valence-corrected chi connectivity index (χ4v) is 4.39. The quantitative estimate of drug-likeness (QED) is 0.318. The monoisotopic (exact) mass is 481 g/mol. The van der Waals surface area contributed by atoms with Gasteiger partial charge in [0.2, 0.25) is 0 Å². The maximum Gasteiger partial charge on any atom is 0.311 e. The van der Waals surface area contributed by atoms with Gasteiger partial charge in [-0.1, -0.05) is 38.9 Å². The molecule has 0 aliphatic rings. The average molecular weight is 481 g/mol. The second-order valence-electron chi connectivity index (χ2n) is 3.83. The van der Waals surface area contributed by atoms with Crippen LogP contribution in [0.25, 0.3) is 0 Å². The lowest BCUT2D eigenvalue weighted by molar-refractivity contribution is 0.359. The lowest BCUT2D eigenvalue weighted by atomic mass is 10.2. The molecule has 0 atom stereocenters. The summed E-state index contributed by atoms with van der Waals surface area (Å²) in [6.07, 6.45) is 0. The molecule has 0 aromatic heterocycles. The fraction of sp³-hybridized carbons (Fsp3) is 0. The summed E-state index contributed by atoms with van der Waals surface area (Å²) in [5.74, 6) is 0. The topological polar surface area (TPSA) is 23.8 Å². The van der Waals surface area contributed by atoms with Crippen molar-refractivity contribution in [2.24, 2.45) is 0 Å². The van der Waals surface area contributed by atoms with Crippen molar-refractivity contribution in [1.29, 1.82) is 5.26 Å². The van der Waals surface area contributed by atoms with Gasteiger partial charge in [0.1, 0.15) is 15.9 Å². The second-order valence-corrected chi connectivity index (χ2v) is 9.70. The summed E-state index contributed by atoms with van der Waals surface area (Å²) in [7, 11) is -21.4. The predicted molar refractivity (Wildman–Crippen MR) is 66.7 cm³/mol. The van der Waals surface area contributed by atoms with E-state index in [1.165, 1.54) is 0 Å². The van der Waals surface area contributed by atoms with Crippen LogP contribution in [0.3, 0.4) is 0 Å². The van der Waals surface area contributed by atoms with Crippen molar-refractivity contribution in [3.63, 3.8) is 0 Å². The minimum absolute atomic E-state index is 0.548. The van der Waals surface area contributed by atoms with E-state index >= 15 is 0 Å². The van der Waals surface area contributed by atoms with E-state index in [4.69, 9.17) is 5.26 Å². The fourth-order valence-electron chi connectivity index (χ4n) is 1.16. The van der Waals surface area contributed by atoms with Gasteiger partial charge in [0.25, 0.3) is 0 Å². The van der Waals surface area contributed by atoms with Crippen LogP contribution in [0.1, 0.15) is 5.56 Å². The standard InChI is InChI=1S/C7H2F10INS2/c8-20(9,10,11,12)5-1-4(3-19)7(18)6(2-5)21(13,14,15,16)17/h1-2H. The van der Waals surface area contributed by atoms with Crippen molar-refractivity contribution in [3.05, 3.63) is 21.3 Å². The zero-order chi connectivity index (χ0) is 17.2. The van der Waals surface area contributed by atoms with Gasteiger partial charge in [0.05, 0.1) is 9.13 Å². The second kappa shape index (κ2) is 3.35. The molecule has 1 aromatic carbocycles. The summed E-state index contributed by atoms with van der Waals surface area (Å²) in [5, 5.41) is 8.38. The molecule has 0 unspecified atom stereocenters. The number of benzene rings is 1. The molecular formula is C7H2F10INS2. The normalized spacial score (nSPS) is 19.7. The minimum atomic E-state index is -10.7. The van der Waals surface area contributed by atoms with E-state index < -0.39 is 51.5 Å². The van der Waals surface area contributed by atoms with E-state index in [-0.39, 0.29) is 0 Å². The van der Waals surface area contributed by atoms with Crippen LogP contribution in [0, 0.1) is 14.9 Å². The predicted octanol–water partition coefficient (Wildman–Crippen LogP) is 7.48. The van der Waals surface area contributed by atoms with Crippen molar-refractivity contribution in [2.45, 2.75) is 9.79 Å². The third-order valence-corrected chi connectivity index (χ3v) is 5.80. The van der Waals surface area contributed by atoms with E-state index in [1.807, 2.05) is 0 Å². The smallest absolute Gasteiger partial charge is 0.192 e. The molecule has 0 spiro atoms. The van der Waals surface area contributed by atoms with Crippen LogP contribution in [-0.4, -0.2) is 0 Å². The third-order valence-electron chi connectivity index (χ3n) is 1.99. The van der Waals surface area contributed by atoms with Crippen molar-refractivity contribution >= 4 is 43.0 Å². The average Bonchev–Trinajstić information content (AvgIpc) is 2.09. The molecule has 0 saturated carbocycles. The molecule has 0 amide bonds. The number of hydrogen-bond donors (Lipinski definition) is 0. The summed E-state index contributed by atoms with van der Waals surface area (Å²) in [4.78, 5) is -6.37. The van der Waals surface area contributed by atoms with Crippen molar-refractivity contribution in [3.8, 4) is 6.07 Å². The Morgan fingerprint density at radius 2 is 1.24 bits per heavy atom. The van der Waals surface area contributed by atoms with Crippen molar-refractivity contribution in [2.75, 3.05) is 0 Å². The van der Waals surface area contributed by atoms with Crippen LogP contribution >= 0.6 is 43.0 Å². The van der Waals surface area contributed by atoms with E-state index in [0.29, 0.717) is 22.6 Å². The first-order chi connectivity index (χ1) is 8.55. The first kappa shape index (κ1) is 18.5. The highest BCUT2D eigenvalue weighted by Crippen LogP contribution is 3.05. The Morgan fingerprint density at radius 3 is 1.52 bits per heavy atom. The molecule has 124 valence electrons. The van der Waals surface area contributed by atoms with Gasteiger partial charge in [-0.2, -0.15) is 5.26 Å². The molecule has 0 N–H and O–H groups in total. The zero-order valence-electron chi connectivity index (χ0n) is 9.08. The van der Waals surface area contributed by atoms with Gasteiger partial charge in [-0.15, -0.1) is 0 Å². The van der Waals surface area contributed by atoms with Crippen molar-refractivity contribution in [1.82, 2.24) is 0 Å². The number of rotatable bonds is 2. The summed E-state index contributed by atoms with van der Waals surface area (Å²) in [6, 6.07) is -1.19. The molecule has 0 aliphatic heterocycles. The zero-order valence-corrected chi connectivity index (χ0v) is 12.9. The molecule has 0 saturated heterocycles. The van der Waals surface area contributed by atoms with E-state index in [9.17, 15) is 38.9 Å². The SMILES string of the molecule is N#Cc1cc(S(F)(F)(F)(F)F)cc(S(F)(F)(F)(F)F)c1I. The highest BCUT2D eigenvalue weighted by atomic mass is 127. The minimum Gasteiger partial charge on any atom is -0.192 e. The Kier molecular flexibility index (Phi) is 2.95. The first-order valence-electron chi connectivity index (χ1n) is 4.27. The Bertz CT molecular complexity index is 683. The van der Waals surface area contributed by atoms with Crippen LogP contribution in [0.2, 0.25) is 0 Å². The van der Waals surface area contributed by atoms with Gasteiger partial charge < -0.3 is 0 Å². The van der Waals surface area contributed by atoms with Crippen LogP contribution in [0.15, 0.2) is 21.9 Å². The highest BCUT2D eigenvalue weighted by molar-refractivity contribution is 14.1.